The number of benzene rings is 2. The van der Waals surface area contributed by atoms with Crippen molar-refractivity contribution in [1.82, 2.24) is 0 Å². The van der Waals surface area contributed by atoms with E-state index in [9.17, 15) is 17.6 Å². The van der Waals surface area contributed by atoms with Gasteiger partial charge in [0, 0.05) is 5.02 Å². The van der Waals surface area contributed by atoms with Gasteiger partial charge in [0.25, 0.3) is 10.0 Å². The van der Waals surface area contributed by atoms with E-state index < -0.39 is 28.4 Å². The van der Waals surface area contributed by atoms with Crippen LogP contribution < -0.4 is 4.31 Å². The van der Waals surface area contributed by atoms with Crippen LogP contribution in [0, 0.1) is 12.7 Å². The summed E-state index contributed by atoms with van der Waals surface area (Å²) >= 11 is 5.99. The van der Waals surface area contributed by atoms with Crippen LogP contribution in [-0.4, -0.2) is 27.5 Å². The Kier molecular flexibility index (Phi) is 6.02. The van der Waals surface area contributed by atoms with E-state index in [4.69, 9.17) is 16.3 Å². The number of aryl methyl sites for hydroxylation is 1. The highest BCUT2D eigenvalue weighted by Gasteiger charge is 2.29. The van der Waals surface area contributed by atoms with E-state index in [2.05, 4.69) is 0 Å². The number of esters is 1. The molecule has 0 N–H and O–H groups in total. The maximum atomic E-state index is 13.1. The second kappa shape index (κ2) is 7.84. The normalized spacial score (nSPS) is 11.2. The third-order valence-corrected chi connectivity index (χ3v) is 5.43. The number of ether oxygens (including phenoxy) is 1. The number of hydrogen-bond acceptors (Lipinski definition) is 4. The van der Waals surface area contributed by atoms with Crippen molar-refractivity contribution in [2.24, 2.45) is 0 Å². The molecule has 0 atom stereocenters. The van der Waals surface area contributed by atoms with Crippen LogP contribution in [0.1, 0.15) is 12.5 Å². The second-order valence-corrected chi connectivity index (χ2v) is 7.50. The Labute approximate surface area is 151 Å². The molecule has 25 heavy (non-hydrogen) atoms. The summed E-state index contributed by atoms with van der Waals surface area (Å²) in [5.41, 5.74) is 0.865. The predicted octanol–water partition coefficient (Wildman–Crippen LogP) is 3.55. The van der Waals surface area contributed by atoms with Crippen molar-refractivity contribution in [2.45, 2.75) is 18.7 Å². The molecule has 2 rings (SSSR count). The number of nitrogens with zero attached hydrogens (tertiary/aromatic N) is 1. The van der Waals surface area contributed by atoms with E-state index in [0.717, 1.165) is 28.6 Å². The van der Waals surface area contributed by atoms with Crippen molar-refractivity contribution in [2.75, 3.05) is 17.5 Å². The Morgan fingerprint density at radius 3 is 2.44 bits per heavy atom. The third-order valence-electron chi connectivity index (χ3n) is 3.42. The van der Waals surface area contributed by atoms with Crippen LogP contribution in [0.2, 0.25) is 5.02 Å². The van der Waals surface area contributed by atoms with Crippen molar-refractivity contribution < 1.29 is 22.3 Å². The molecule has 0 fully saturated rings. The number of anilines is 1. The lowest BCUT2D eigenvalue weighted by atomic mass is 10.2. The van der Waals surface area contributed by atoms with Gasteiger partial charge in [-0.2, -0.15) is 0 Å². The standard InChI is InChI=1S/C17H17ClFNO4S/c1-3-24-17(21)11-20(16-10-13(18)5-4-12(16)2)25(22,23)15-8-6-14(19)7-9-15/h4-10H,3,11H2,1-2H3. The Morgan fingerprint density at radius 2 is 1.84 bits per heavy atom. The van der Waals surface area contributed by atoms with Crippen molar-refractivity contribution in [3.63, 3.8) is 0 Å². The average Bonchev–Trinajstić information content (AvgIpc) is 2.55. The minimum atomic E-state index is -4.12. The van der Waals surface area contributed by atoms with Crippen LogP contribution in [0.5, 0.6) is 0 Å². The van der Waals surface area contributed by atoms with E-state index in [1.54, 1.807) is 26.0 Å². The smallest absolute Gasteiger partial charge is 0.326 e. The number of carbonyl (C=O) groups excluding carboxylic acids is 1. The fourth-order valence-corrected chi connectivity index (χ4v) is 3.84. The summed E-state index contributed by atoms with van der Waals surface area (Å²) in [7, 11) is -4.12. The SMILES string of the molecule is CCOC(=O)CN(c1cc(Cl)ccc1C)S(=O)(=O)c1ccc(F)cc1. The molecule has 0 radical (unpaired) electrons. The van der Waals surface area contributed by atoms with Gasteiger partial charge >= 0.3 is 5.97 Å². The van der Waals surface area contributed by atoms with Gasteiger partial charge < -0.3 is 4.74 Å². The van der Waals surface area contributed by atoms with Gasteiger partial charge in [0.15, 0.2) is 0 Å². The largest absolute Gasteiger partial charge is 0.465 e. The summed E-state index contributed by atoms with van der Waals surface area (Å²) < 4.78 is 44.9. The highest BCUT2D eigenvalue weighted by molar-refractivity contribution is 7.92. The first-order valence-electron chi connectivity index (χ1n) is 7.45. The molecule has 2 aromatic carbocycles. The molecule has 134 valence electrons. The summed E-state index contributed by atoms with van der Waals surface area (Å²) in [5, 5.41) is 0.323. The highest BCUT2D eigenvalue weighted by Crippen LogP contribution is 2.29. The zero-order chi connectivity index (χ0) is 18.6. The van der Waals surface area contributed by atoms with E-state index in [-0.39, 0.29) is 17.2 Å². The molecule has 0 saturated carbocycles. The molecule has 0 aliphatic rings. The Morgan fingerprint density at radius 1 is 1.20 bits per heavy atom. The number of sulfonamides is 1. The third kappa shape index (κ3) is 4.49. The topological polar surface area (TPSA) is 63.7 Å². The Hall–Kier alpha value is -2.12. The molecule has 2 aromatic rings. The van der Waals surface area contributed by atoms with E-state index in [1.165, 1.54) is 6.07 Å². The number of rotatable bonds is 6. The van der Waals surface area contributed by atoms with Gasteiger partial charge in [0.2, 0.25) is 0 Å². The minimum Gasteiger partial charge on any atom is -0.465 e. The summed E-state index contributed by atoms with van der Waals surface area (Å²) in [4.78, 5) is 11.8. The van der Waals surface area contributed by atoms with Crippen LogP contribution in [0.3, 0.4) is 0 Å². The number of carbonyl (C=O) groups is 1. The molecule has 0 saturated heterocycles. The Balaban J connectivity index is 2.55. The van der Waals surface area contributed by atoms with Gasteiger partial charge in [-0.1, -0.05) is 17.7 Å². The molecular formula is C17H17ClFNO4S. The monoisotopic (exact) mass is 385 g/mol. The van der Waals surface area contributed by atoms with Gasteiger partial charge in [-0.25, -0.2) is 12.8 Å². The van der Waals surface area contributed by atoms with E-state index in [1.807, 2.05) is 0 Å². The van der Waals surface area contributed by atoms with Crippen LogP contribution in [0.25, 0.3) is 0 Å². The lowest BCUT2D eigenvalue weighted by molar-refractivity contribution is -0.141. The van der Waals surface area contributed by atoms with Crippen molar-refractivity contribution >= 4 is 33.3 Å². The molecule has 8 heteroatoms. The van der Waals surface area contributed by atoms with Gasteiger partial charge in [0.1, 0.15) is 12.4 Å². The fraction of sp³-hybridized carbons (Fsp3) is 0.235. The first kappa shape index (κ1) is 19.2. The summed E-state index contributed by atoms with van der Waals surface area (Å²) in [6.45, 7) is 2.93. The molecule has 0 aliphatic carbocycles. The van der Waals surface area contributed by atoms with Gasteiger partial charge in [-0.05, 0) is 55.8 Å². The lowest BCUT2D eigenvalue weighted by Crippen LogP contribution is -2.37. The van der Waals surface area contributed by atoms with Crippen LogP contribution >= 0.6 is 11.6 Å². The van der Waals surface area contributed by atoms with Gasteiger partial charge in [-0.15, -0.1) is 0 Å². The average molecular weight is 386 g/mol. The van der Waals surface area contributed by atoms with E-state index in [0.29, 0.717) is 10.6 Å². The molecule has 0 unspecified atom stereocenters. The molecule has 0 spiro atoms. The zero-order valence-electron chi connectivity index (χ0n) is 13.7. The van der Waals surface area contributed by atoms with Crippen LogP contribution in [0.4, 0.5) is 10.1 Å². The predicted molar refractivity (Wildman–Crippen MR) is 93.8 cm³/mol. The van der Waals surface area contributed by atoms with Crippen LogP contribution in [0.15, 0.2) is 47.4 Å². The molecule has 0 amide bonds. The van der Waals surface area contributed by atoms with Gasteiger partial charge in [0.05, 0.1) is 17.2 Å². The van der Waals surface area contributed by atoms with E-state index >= 15 is 0 Å². The maximum Gasteiger partial charge on any atom is 0.326 e. The molecular weight excluding hydrogens is 369 g/mol. The first-order valence-corrected chi connectivity index (χ1v) is 9.27. The Bertz CT molecular complexity index is 869. The highest BCUT2D eigenvalue weighted by atomic mass is 35.5. The van der Waals surface area contributed by atoms with Gasteiger partial charge in [-0.3, -0.25) is 9.10 Å². The van der Waals surface area contributed by atoms with Crippen molar-refractivity contribution in [3.8, 4) is 0 Å². The molecule has 0 aromatic heterocycles. The summed E-state index contributed by atoms with van der Waals surface area (Å²) in [6.07, 6.45) is 0. The molecule has 0 bridgehead atoms. The number of halogens is 2. The maximum absolute atomic E-state index is 13.1. The molecule has 5 nitrogen and oxygen atoms in total. The molecule has 0 heterocycles. The zero-order valence-corrected chi connectivity index (χ0v) is 15.3. The van der Waals surface area contributed by atoms with Crippen molar-refractivity contribution in [3.05, 3.63) is 58.9 Å². The quantitative estimate of drug-likeness (QED) is 0.713. The molecule has 0 aliphatic heterocycles. The summed E-state index contributed by atoms with van der Waals surface area (Å²) in [6, 6.07) is 9.09. The fourth-order valence-electron chi connectivity index (χ4n) is 2.21. The number of hydrogen-bond donors (Lipinski definition) is 0. The van der Waals surface area contributed by atoms with Crippen molar-refractivity contribution in [1.29, 1.82) is 0 Å². The summed E-state index contributed by atoms with van der Waals surface area (Å²) in [5.74, 6) is -1.26. The first-order chi connectivity index (χ1) is 11.8. The lowest BCUT2D eigenvalue weighted by Gasteiger charge is -2.25. The van der Waals surface area contributed by atoms with Crippen LogP contribution in [-0.2, 0) is 19.6 Å². The minimum absolute atomic E-state index is 0.123. The second-order valence-electron chi connectivity index (χ2n) is 5.20.